The van der Waals surface area contributed by atoms with Gasteiger partial charge in [-0.2, -0.15) is 0 Å². The van der Waals surface area contributed by atoms with Gasteiger partial charge in [0.1, 0.15) is 5.69 Å². The molecule has 0 spiro atoms. The Hall–Kier alpha value is -1.72. The number of H-pyrrole nitrogens is 2. The zero-order chi connectivity index (χ0) is 7.56. The lowest BCUT2D eigenvalue weighted by molar-refractivity contribution is 0.318. The van der Waals surface area contributed by atoms with Gasteiger partial charge in [0.25, 0.3) is 5.56 Å². The van der Waals surface area contributed by atoms with Gasteiger partial charge >= 0.3 is 0 Å². The minimum absolute atomic E-state index is 0.127. The Kier molecular flexibility index (Phi) is 1.44. The normalized spacial score (nSPS) is 11.8. The molecule has 0 amide bonds. The molecule has 6 nitrogen and oxygen atoms in total. The van der Waals surface area contributed by atoms with Crippen LogP contribution in [-0.2, 0) is 0 Å². The van der Waals surface area contributed by atoms with E-state index in [9.17, 15) is 4.79 Å². The monoisotopic (exact) mass is 142 g/mol. The van der Waals surface area contributed by atoms with E-state index in [1.165, 1.54) is 6.07 Å². The largest absolute Gasteiger partial charge is 0.409 e. The number of oxime groups is 1. The van der Waals surface area contributed by atoms with Crippen LogP contribution in [-0.4, -0.2) is 21.2 Å². The molecule has 0 bridgehead atoms. The SMILES string of the molecule is N/C(=N/O)c1cc(=O)[nH][nH]1. The van der Waals surface area contributed by atoms with Gasteiger partial charge < -0.3 is 10.9 Å². The Balaban J connectivity index is 3.07. The molecule has 1 heterocycles. The molecule has 0 unspecified atom stereocenters. The highest BCUT2D eigenvalue weighted by atomic mass is 16.4. The van der Waals surface area contributed by atoms with Gasteiger partial charge in [-0.15, -0.1) is 0 Å². The van der Waals surface area contributed by atoms with Crippen molar-refractivity contribution in [3.63, 3.8) is 0 Å². The van der Waals surface area contributed by atoms with E-state index in [4.69, 9.17) is 10.9 Å². The summed E-state index contributed by atoms with van der Waals surface area (Å²) in [6.45, 7) is 0. The smallest absolute Gasteiger partial charge is 0.264 e. The van der Waals surface area contributed by atoms with Gasteiger partial charge in [0, 0.05) is 6.07 Å². The van der Waals surface area contributed by atoms with Crippen molar-refractivity contribution in [3.8, 4) is 0 Å². The molecule has 0 aliphatic heterocycles. The fourth-order valence-corrected chi connectivity index (χ4v) is 0.524. The van der Waals surface area contributed by atoms with Crippen molar-refractivity contribution < 1.29 is 5.21 Å². The first kappa shape index (κ1) is 6.40. The van der Waals surface area contributed by atoms with Crippen molar-refractivity contribution >= 4 is 5.84 Å². The molecule has 0 saturated heterocycles. The lowest BCUT2D eigenvalue weighted by Gasteiger charge is -1.87. The van der Waals surface area contributed by atoms with E-state index >= 15 is 0 Å². The van der Waals surface area contributed by atoms with E-state index in [1.807, 2.05) is 0 Å². The van der Waals surface area contributed by atoms with E-state index in [-0.39, 0.29) is 17.1 Å². The highest BCUT2D eigenvalue weighted by Gasteiger charge is 1.99. The topological polar surface area (TPSA) is 107 Å². The number of rotatable bonds is 1. The Labute approximate surface area is 55.3 Å². The van der Waals surface area contributed by atoms with Gasteiger partial charge in [0.15, 0.2) is 5.84 Å². The second kappa shape index (κ2) is 2.26. The fourth-order valence-electron chi connectivity index (χ4n) is 0.524. The number of hydrogen-bond acceptors (Lipinski definition) is 3. The van der Waals surface area contributed by atoms with Crippen LogP contribution in [0.15, 0.2) is 16.0 Å². The summed E-state index contributed by atoms with van der Waals surface area (Å²) >= 11 is 0. The van der Waals surface area contributed by atoms with Crippen LogP contribution in [0, 0.1) is 0 Å². The summed E-state index contributed by atoms with van der Waals surface area (Å²) in [5.74, 6) is -0.127. The second-order valence-corrected chi connectivity index (χ2v) is 1.66. The van der Waals surface area contributed by atoms with Crippen molar-refractivity contribution in [2.24, 2.45) is 10.9 Å². The maximum atomic E-state index is 10.4. The number of hydrogen-bond donors (Lipinski definition) is 4. The molecule has 1 aromatic rings. The molecule has 5 N–H and O–H groups in total. The fraction of sp³-hybridized carbons (Fsp3) is 0. The van der Waals surface area contributed by atoms with Crippen LogP contribution in [0.3, 0.4) is 0 Å². The van der Waals surface area contributed by atoms with Gasteiger partial charge in [-0.05, 0) is 0 Å². The highest BCUT2D eigenvalue weighted by molar-refractivity contribution is 5.94. The number of nitrogens with two attached hydrogens (primary N) is 1. The zero-order valence-corrected chi connectivity index (χ0v) is 4.96. The van der Waals surface area contributed by atoms with Crippen molar-refractivity contribution in [3.05, 3.63) is 22.1 Å². The van der Waals surface area contributed by atoms with Gasteiger partial charge in [-0.3, -0.25) is 15.0 Å². The van der Waals surface area contributed by atoms with E-state index in [0.717, 1.165) is 0 Å². The van der Waals surface area contributed by atoms with Crippen molar-refractivity contribution in [1.29, 1.82) is 0 Å². The first-order valence-corrected chi connectivity index (χ1v) is 2.49. The highest BCUT2D eigenvalue weighted by Crippen LogP contribution is 1.83. The minimum atomic E-state index is -0.318. The minimum Gasteiger partial charge on any atom is -0.409 e. The average molecular weight is 142 g/mol. The molecule has 1 aromatic heterocycles. The number of amidine groups is 1. The summed E-state index contributed by atoms with van der Waals surface area (Å²) in [5, 5.41) is 15.4. The van der Waals surface area contributed by atoms with E-state index in [0.29, 0.717) is 0 Å². The molecule has 0 radical (unpaired) electrons. The van der Waals surface area contributed by atoms with Gasteiger partial charge in [-0.25, -0.2) is 0 Å². The summed E-state index contributed by atoms with van der Waals surface area (Å²) in [6.07, 6.45) is 0. The van der Waals surface area contributed by atoms with Gasteiger partial charge in [0.05, 0.1) is 0 Å². The van der Waals surface area contributed by atoms with Gasteiger partial charge in [-0.1, -0.05) is 5.16 Å². The molecule has 1 rings (SSSR count). The summed E-state index contributed by atoms with van der Waals surface area (Å²) in [4.78, 5) is 10.4. The molecule has 6 heteroatoms. The number of aromatic nitrogens is 2. The first-order valence-electron chi connectivity index (χ1n) is 2.49. The van der Waals surface area contributed by atoms with Crippen LogP contribution in [0.25, 0.3) is 0 Å². The van der Waals surface area contributed by atoms with E-state index in [1.54, 1.807) is 0 Å². The maximum Gasteiger partial charge on any atom is 0.264 e. The quantitative estimate of drug-likeness (QED) is 0.171. The molecule has 0 atom stereocenters. The van der Waals surface area contributed by atoms with Crippen LogP contribution < -0.4 is 11.3 Å². The molecular weight excluding hydrogens is 136 g/mol. The van der Waals surface area contributed by atoms with Crippen molar-refractivity contribution in [2.45, 2.75) is 0 Å². The molecular formula is C4H6N4O2. The summed E-state index contributed by atoms with van der Waals surface area (Å²) in [7, 11) is 0. The van der Waals surface area contributed by atoms with Gasteiger partial charge in [0.2, 0.25) is 0 Å². The molecule has 10 heavy (non-hydrogen) atoms. The van der Waals surface area contributed by atoms with Crippen LogP contribution in [0.2, 0.25) is 0 Å². The van der Waals surface area contributed by atoms with Crippen molar-refractivity contribution in [1.82, 2.24) is 10.2 Å². The summed E-state index contributed by atoms with van der Waals surface area (Å²) in [5.41, 5.74) is 5.07. The lowest BCUT2D eigenvalue weighted by Crippen LogP contribution is -2.13. The molecule has 0 aromatic carbocycles. The number of aromatic amines is 2. The Bertz CT molecular complexity index is 296. The lowest BCUT2D eigenvalue weighted by atomic mass is 10.4. The van der Waals surface area contributed by atoms with E-state index in [2.05, 4.69) is 15.4 Å². The summed E-state index contributed by atoms with van der Waals surface area (Å²) < 4.78 is 0. The second-order valence-electron chi connectivity index (χ2n) is 1.66. The Morgan fingerprint density at radius 2 is 2.40 bits per heavy atom. The number of nitrogens with zero attached hydrogens (tertiary/aromatic N) is 1. The van der Waals surface area contributed by atoms with E-state index < -0.39 is 0 Å². The molecule has 0 saturated carbocycles. The number of nitrogens with one attached hydrogen (secondary N) is 2. The first-order chi connectivity index (χ1) is 4.74. The zero-order valence-electron chi connectivity index (χ0n) is 4.96. The maximum absolute atomic E-state index is 10.4. The van der Waals surface area contributed by atoms with Crippen LogP contribution in [0.5, 0.6) is 0 Å². The molecule has 0 aliphatic rings. The standard InChI is InChI=1S/C4H6N4O2/c5-4(8-10)2-1-3(9)7-6-2/h1,10H,(H2,5,8)(H2,6,7,9). The predicted octanol–water partition coefficient (Wildman–Crippen LogP) is -1.20. The summed E-state index contributed by atoms with van der Waals surface area (Å²) in [6, 6.07) is 1.19. The average Bonchev–Trinajstić information content (AvgIpc) is 2.34. The van der Waals surface area contributed by atoms with Crippen molar-refractivity contribution in [2.75, 3.05) is 0 Å². The Morgan fingerprint density at radius 3 is 2.80 bits per heavy atom. The van der Waals surface area contributed by atoms with Crippen LogP contribution in [0.4, 0.5) is 0 Å². The Morgan fingerprint density at radius 1 is 1.70 bits per heavy atom. The predicted molar refractivity (Wildman–Crippen MR) is 33.9 cm³/mol. The third kappa shape index (κ3) is 0.993. The molecule has 0 fully saturated rings. The van der Waals surface area contributed by atoms with Crippen LogP contribution in [0.1, 0.15) is 5.69 Å². The third-order valence-electron chi connectivity index (χ3n) is 0.979. The van der Waals surface area contributed by atoms with Crippen LogP contribution >= 0.6 is 0 Å². The third-order valence-corrected chi connectivity index (χ3v) is 0.979. The molecule has 0 aliphatic carbocycles. The molecule has 54 valence electrons.